The molecule has 1 atom stereocenters. The van der Waals surface area contributed by atoms with Crippen LogP contribution in [0.2, 0.25) is 0 Å². The number of para-hydroxylation sites is 1. The highest BCUT2D eigenvalue weighted by Gasteiger charge is 2.60. The molecule has 158 valence electrons. The number of hydrogen-bond acceptors (Lipinski definition) is 4. The number of carbonyl (C=O) groups is 1. The first kappa shape index (κ1) is 20.5. The maximum atomic E-state index is 14.1. The number of carbonyl (C=O) groups excluding carboxylic acids is 1. The van der Waals surface area contributed by atoms with E-state index in [2.05, 4.69) is 35.9 Å². The van der Waals surface area contributed by atoms with E-state index in [0.29, 0.717) is 5.91 Å². The number of anilines is 1. The van der Waals surface area contributed by atoms with Gasteiger partial charge in [0.15, 0.2) is 0 Å². The summed E-state index contributed by atoms with van der Waals surface area (Å²) in [4.78, 5) is 26.1. The van der Waals surface area contributed by atoms with Crippen LogP contribution in [0.25, 0.3) is 0 Å². The minimum absolute atomic E-state index is 0.126. The van der Waals surface area contributed by atoms with Gasteiger partial charge in [-0.05, 0) is 38.4 Å². The summed E-state index contributed by atoms with van der Waals surface area (Å²) < 4.78 is 0. The second-order valence-corrected chi connectivity index (χ2v) is 9.03. The molecule has 3 aliphatic rings. The van der Waals surface area contributed by atoms with Crippen LogP contribution in [0, 0.1) is 5.41 Å². The fourth-order valence-electron chi connectivity index (χ4n) is 5.41. The van der Waals surface area contributed by atoms with Crippen LogP contribution < -0.4 is 4.90 Å². The standard InChI is InChI=1S/C24H36N4O/c1-3-4-15-25-22-21(27-18-16-26(2)17-19-27)24(13-9-6-10-14-24)23(29)28(22)20-11-7-5-8-12-20/h5,7-8,11-12,21H,3-4,6,9-10,13-19H2,1-2H3/b25-22-. The Morgan fingerprint density at radius 3 is 2.38 bits per heavy atom. The van der Waals surface area contributed by atoms with Crippen molar-refractivity contribution in [3.05, 3.63) is 30.3 Å². The van der Waals surface area contributed by atoms with Crippen LogP contribution in [0.1, 0.15) is 51.9 Å². The van der Waals surface area contributed by atoms with Crippen LogP contribution in [0.15, 0.2) is 35.3 Å². The molecule has 1 aliphatic carbocycles. The molecule has 1 aromatic carbocycles. The quantitative estimate of drug-likeness (QED) is 0.711. The zero-order chi connectivity index (χ0) is 20.3. The number of benzene rings is 1. The lowest BCUT2D eigenvalue weighted by Gasteiger charge is -2.44. The molecule has 0 N–H and O–H groups in total. The van der Waals surface area contributed by atoms with Gasteiger partial charge in [0.25, 0.3) is 0 Å². The Morgan fingerprint density at radius 1 is 1.03 bits per heavy atom. The van der Waals surface area contributed by atoms with Gasteiger partial charge >= 0.3 is 0 Å². The van der Waals surface area contributed by atoms with Gasteiger partial charge in [0, 0.05) is 32.7 Å². The number of likely N-dealkylation sites (N-methyl/N-ethyl adjacent to an activating group) is 1. The summed E-state index contributed by atoms with van der Waals surface area (Å²) >= 11 is 0. The summed E-state index contributed by atoms with van der Waals surface area (Å²) in [5.74, 6) is 1.31. The fourth-order valence-corrected chi connectivity index (χ4v) is 5.41. The Labute approximate surface area is 175 Å². The molecule has 1 amide bonds. The third-order valence-corrected chi connectivity index (χ3v) is 7.07. The van der Waals surface area contributed by atoms with Gasteiger partial charge < -0.3 is 4.90 Å². The van der Waals surface area contributed by atoms with E-state index in [-0.39, 0.29) is 11.5 Å². The monoisotopic (exact) mass is 396 g/mol. The number of hydrogen-bond donors (Lipinski definition) is 0. The number of aliphatic imine (C=N–C) groups is 1. The molecule has 1 unspecified atom stereocenters. The van der Waals surface area contributed by atoms with Crippen molar-refractivity contribution < 1.29 is 4.79 Å². The van der Waals surface area contributed by atoms with Gasteiger partial charge in [0.1, 0.15) is 5.84 Å². The van der Waals surface area contributed by atoms with Gasteiger partial charge in [-0.15, -0.1) is 0 Å². The topological polar surface area (TPSA) is 39.1 Å². The lowest BCUT2D eigenvalue weighted by Crippen LogP contribution is -2.57. The van der Waals surface area contributed by atoms with E-state index in [1.54, 1.807) is 0 Å². The first-order chi connectivity index (χ1) is 14.2. The van der Waals surface area contributed by atoms with E-state index in [4.69, 9.17) is 4.99 Å². The van der Waals surface area contributed by atoms with Gasteiger partial charge in [-0.2, -0.15) is 0 Å². The van der Waals surface area contributed by atoms with E-state index in [9.17, 15) is 4.79 Å². The highest BCUT2D eigenvalue weighted by Crippen LogP contribution is 2.49. The lowest BCUT2D eigenvalue weighted by atomic mass is 9.69. The molecule has 0 bridgehead atoms. The third kappa shape index (κ3) is 3.87. The molecule has 5 nitrogen and oxygen atoms in total. The second kappa shape index (κ2) is 8.97. The van der Waals surface area contributed by atoms with E-state index < -0.39 is 0 Å². The molecule has 29 heavy (non-hydrogen) atoms. The summed E-state index contributed by atoms with van der Waals surface area (Å²) in [6.07, 6.45) is 7.75. The molecule has 2 saturated heterocycles. The van der Waals surface area contributed by atoms with Gasteiger partial charge in [-0.25, -0.2) is 0 Å². The number of nitrogens with zero attached hydrogens (tertiary/aromatic N) is 4. The molecular formula is C24H36N4O. The SMILES string of the molecule is CCCC/N=C1/C(N2CCN(C)CC2)C2(CCCCC2)C(=O)N1c1ccccc1. The summed E-state index contributed by atoms with van der Waals surface area (Å²) in [5.41, 5.74) is 0.684. The number of rotatable bonds is 5. The Hall–Kier alpha value is -1.72. The van der Waals surface area contributed by atoms with Crippen molar-refractivity contribution >= 4 is 17.4 Å². The van der Waals surface area contributed by atoms with E-state index >= 15 is 0 Å². The molecular weight excluding hydrogens is 360 g/mol. The average Bonchev–Trinajstić information content (AvgIpc) is 2.98. The minimum Gasteiger partial charge on any atom is -0.304 e. The second-order valence-electron chi connectivity index (χ2n) is 9.03. The highest BCUT2D eigenvalue weighted by atomic mass is 16.2. The zero-order valence-corrected chi connectivity index (χ0v) is 18.1. The molecule has 0 aromatic heterocycles. The van der Waals surface area contributed by atoms with Crippen LogP contribution in [0.5, 0.6) is 0 Å². The predicted molar refractivity (Wildman–Crippen MR) is 120 cm³/mol. The number of amides is 1. The number of piperazine rings is 1. The third-order valence-electron chi connectivity index (χ3n) is 7.07. The van der Waals surface area contributed by atoms with Crippen LogP contribution in [-0.4, -0.2) is 67.4 Å². The molecule has 2 heterocycles. The van der Waals surface area contributed by atoms with Gasteiger partial charge in [-0.1, -0.05) is 50.8 Å². The molecule has 1 saturated carbocycles. The largest absolute Gasteiger partial charge is 0.304 e. The summed E-state index contributed by atoms with van der Waals surface area (Å²) in [6.45, 7) is 7.18. The normalized spacial score (nSPS) is 27.2. The first-order valence-corrected chi connectivity index (χ1v) is 11.5. The van der Waals surface area contributed by atoms with Crippen molar-refractivity contribution in [2.45, 2.75) is 57.9 Å². The molecule has 1 aromatic rings. The predicted octanol–water partition coefficient (Wildman–Crippen LogP) is 3.80. The molecule has 4 rings (SSSR count). The maximum Gasteiger partial charge on any atom is 0.240 e. The number of unbranched alkanes of at least 4 members (excludes halogenated alkanes) is 1. The molecule has 3 fully saturated rings. The van der Waals surface area contributed by atoms with Crippen molar-refractivity contribution in [2.24, 2.45) is 10.4 Å². The average molecular weight is 397 g/mol. The Morgan fingerprint density at radius 2 is 1.72 bits per heavy atom. The van der Waals surface area contributed by atoms with Gasteiger partial charge in [0.05, 0.1) is 17.1 Å². The van der Waals surface area contributed by atoms with E-state index in [1.165, 1.54) is 6.42 Å². The van der Waals surface area contributed by atoms with Crippen molar-refractivity contribution in [1.82, 2.24) is 9.80 Å². The zero-order valence-electron chi connectivity index (χ0n) is 18.1. The van der Waals surface area contributed by atoms with Crippen LogP contribution in [-0.2, 0) is 4.79 Å². The van der Waals surface area contributed by atoms with Gasteiger partial charge in [0.2, 0.25) is 5.91 Å². The summed E-state index contributed by atoms with van der Waals surface area (Å²) in [6, 6.07) is 10.3. The Bertz CT molecular complexity index is 718. The van der Waals surface area contributed by atoms with Crippen molar-refractivity contribution in [3.8, 4) is 0 Å². The maximum absolute atomic E-state index is 14.1. The summed E-state index contributed by atoms with van der Waals surface area (Å²) in [5, 5.41) is 0. The Balaban J connectivity index is 1.77. The Kier molecular flexibility index (Phi) is 6.35. The van der Waals surface area contributed by atoms with E-state index in [0.717, 1.165) is 82.8 Å². The number of amidine groups is 1. The van der Waals surface area contributed by atoms with Crippen LogP contribution in [0.3, 0.4) is 0 Å². The van der Waals surface area contributed by atoms with Gasteiger partial charge in [-0.3, -0.25) is 19.6 Å². The van der Waals surface area contributed by atoms with Crippen molar-refractivity contribution in [3.63, 3.8) is 0 Å². The first-order valence-electron chi connectivity index (χ1n) is 11.5. The fraction of sp³-hybridized carbons (Fsp3) is 0.667. The van der Waals surface area contributed by atoms with E-state index in [1.807, 2.05) is 23.1 Å². The lowest BCUT2D eigenvalue weighted by molar-refractivity contribution is -0.130. The molecule has 1 spiro atoms. The van der Waals surface area contributed by atoms with Crippen molar-refractivity contribution in [1.29, 1.82) is 0 Å². The smallest absolute Gasteiger partial charge is 0.240 e. The van der Waals surface area contributed by atoms with Crippen LogP contribution in [0.4, 0.5) is 5.69 Å². The molecule has 5 heteroatoms. The minimum atomic E-state index is -0.297. The highest BCUT2D eigenvalue weighted by molar-refractivity contribution is 6.27. The van der Waals surface area contributed by atoms with Crippen molar-refractivity contribution in [2.75, 3.05) is 44.7 Å². The molecule has 2 aliphatic heterocycles. The molecule has 0 radical (unpaired) electrons. The van der Waals surface area contributed by atoms with Crippen LogP contribution >= 0.6 is 0 Å². The summed E-state index contributed by atoms with van der Waals surface area (Å²) in [7, 11) is 2.19.